The number of amides is 1. The Morgan fingerprint density at radius 2 is 1.86 bits per heavy atom. The van der Waals surface area contributed by atoms with Crippen LogP contribution in [0.15, 0.2) is 25.3 Å². The first-order valence-electron chi connectivity index (χ1n) is 8.18. The third-order valence-electron chi connectivity index (χ3n) is 4.26. The van der Waals surface area contributed by atoms with E-state index in [1.54, 1.807) is 12.2 Å². The van der Waals surface area contributed by atoms with E-state index >= 15 is 0 Å². The van der Waals surface area contributed by atoms with E-state index in [9.17, 15) is 4.79 Å². The largest absolute Gasteiger partial charge is 0.334 e. The first-order chi connectivity index (χ1) is 10.2. The van der Waals surface area contributed by atoms with Crippen LogP contribution in [-0.4, -0.2) is 61.0 Å². The first-order valence-corrected chi connectivity index (χ1v) is 8.18. The van der Waals surface area contributed by atoms with Crippen molar-refractivity contribution in [2.75, 3.05) is 39.3 Å². The molecule has 21 heavy (non-hydrogen) atoms. The Balaban J connectivity index is 1.86. The van der Waals surface area contributed by atoms with Gasteiger partial charge in [-0.1, -0.05) is 12.2 Å². The standard InChI is InChI=1S/C17H29N3O/c1-3-10-20(11-4-2)17(21)14-19(12-15-7-8-15)13-16-6-5-9-18-16/h3-4,15-16,18H,1-2,5-14H2. The van der Waals surface area contributed by atoms with Crippen molar-refractivity contribution in [3.63, 3.8) is 0 Å². The van der Waals surface area contributed by atoms with E-state index in [-0.39, 0.29) is 5.91 Å². The lowest BCUT2D eigenvalue weighted by molar-refractivity contribution is -0.131. The van der Waals surface area contributed by atoms with Crippen LogP contribution >= 0.6 is 0 Å². The Hall–Kier alpha value is -1.13. The molecule has 1 saturated heterocycles. The Morgan fingerprint density at radius 1 is 1.14 bits per heavy atom. The Bertz CT molecular complexity index is 349. The van der Waals surface area contributed by atoms with Crippen LogP contribution < -0.4 is 5.32 Å². The number of rotatable bonds is 10. The molecule has 0 radical (unpaired) electrons. The molecule has 2 rings (SSSR count). The van der Waals surface area contributed by atoms with Gasteiger partial charge < -0.3 is 10.2 Å². The third kappa shape index (κ3) is 5.64. The molecule has 2 aliphatic rings. The van der Waals surface area contributed by atoms with Gasteiger partial charge in [0.25, 0.3) is 0 Å². The average Bonchev–Trinajstić information content (AvgIpc) is 3.12. The topological polar surface area (TPSA) is 35.6 Å². The van der Waals surface area contributed by atoms with Crippen molar-refractivity contribution in [2.24, 2.45) is 5.92 Å². The lowest BCUT2D eigenvalue weighted by Crippen LogP contribution is -2.45. The molecule has 0 aromatic heterocycles. The minimum atomic E-state index is 0.188. The summed E-state index contributed by atoms with van der Waals surface area (Å²) in [6.07, 6.45) is 8.71. The Labute approximate surface area is 128 Å². The van der Waals surface area contributed by atoms with Crippen molar-refractivity contribution in [1.82, 2.24) is 15.1 Å². The maximum Gasteiger partial charge on any atom is 0.237 e. The van der Waals surface area contributed by atoms with E-state index in [0.29, 0.717) is 25.7 Å². The second kappa shape index (κ2) is 8.35. The summed E-state index contributed by atoms with van der Waals surface area (Å²) in [6.45, 7) is 12.4. The molecule has 1 amide bonds. The van der Waals surface area contributed by atoms with E-state index < -0.39 is 0 Å². The van der Waals surface area contributed by atoms with Crippen molar-refractivity contribution in [2.45, 2.75) is 31.7 Å². The van der Waals surface area contributed by atoms with Crippen molar-refractivity contribution in [1.29, 1.82) is 0 Å². The second-order valence-electron chi connectivity index (χ2n) is 6.31. The van der Waals surface area contributed by atoms with Crippen LogP contribution in [0.25, 0.3) is 0 Å². The minimum Gasteiger partial charge on any atom is -0.334 e. The van der Waals surface area contributed by atoms with Gasteiger partial charge in [0.2, 0.25) is 5.91 Å². The zero-order valence-corrected chi connectivity index (χ0v) is 13.1. The number of nitrogens with zero attached hydrogens (tertiary/aromatic N) is 2. The van der Waals surface area contributed by atoms with Gasteiger partial charge in [-0.05, 0) is 38.1 Å². The third-order valence-corrected chi connectivity index (χ3v) is 4.26. The van der Waals surface area contributed by atoms with Crippen LogP contribution in [0.2, 0.25) is 0 Å². The molecule has 4 nitrogen and oxygen atoms in total. The van der Waals surface area contributed by atoms with E-state index in [2.05, 4.69) is 23.4 Å². The fourth-order valence-electron chi connectivity index (χ4n) is 2.97. The molecule has 4 heteroatoms. The smallest absolute Gasteiger partial charge is 0.237 e. The van der Waals surface area contributed by atoms with Gasteiger partial charge in [0.05, 0.1) is 6.54 Å². The average molecular weight is 291 g/mol. The van der Waals surface area contributed by atoms with Gasteiger partial charge in [0, 0.05) is 32.2 Å². The zero-order chi connectivity index (χ0) is 15.1. The summed E-state index contributed by atoms with van der Waals surface area (Å²) in [5.74, 6) is 1.000. The highest BCUT2D eigenvalue weighted by Crippen LogP contribution is 2.29. The molecule has 0 spiro atoms. The highest BCUT2D eigenvalue weighted by Gasteiger charge is 2.28. The summed E-state index contributed by atoms with van der Waals surface area (Å²) in [4.78, 5) is 16.6. The maximum atomic E-state index is 12.5. The Kier molecular flexibility index (Phi) is 6.46. The van der Waals surface area contributed by atoms with Crippen LogP contribution in [0, 0.1) is 5.92 Å². The van der Waals surface area contributed by atoms with E-state index in [0.717, 1.165) is 25.6 Å². The van der Waals surface area contributed by atoms with Crippen molar-refractivity contribution in [3.8, 4) is 0 Å². The fraction of sp³-hybridized carbons (Fsp3) is 0.706. The van der Waals surface area contributed by atoms with Crippen LogP contribution in [0.4, 0.5) is 0 Å². The van der Waals surface area contributed by atoms with Crippen LogP contribution in [0.3, 0.4) is 0 Å². The van der Waals surface area contributed by atoms with Crippen LogP contribution in [0.5, 0.6) is 0 Å². The van der Waals surface area contributed by atoms with Crippen molar-refractivity contribution < 1.29 is 4.79 Å². The highest BCUT2D eigenvalue weighted by atomic mass is 16.2. The molecule has 1 aliphatic carbocycles. The van der Waals surface area contributed by atoms with E-state index in [1.807, 2.05) is 4.90 Å². The van der Waals surface area contributed by atoms with Gasteiger partial charge in [-0.2, -0.15) is 0 Å². The molecule has 0 aromatic rings. The van der Waals surface area contributed by atoms with Crippen molar-refractivity contribution in [3.05, 3.63) is 25.3 Å². The van der Waals surface area contributed by atoms with E-state index in [1.165, 1.54) is 25.7 Å². The molecule has 1 aliphatic heterocycles. The number of carbonyl (C=O) groups excluding carboxylic acids is 1. The molecule has 0 bridgehead atoms. The predicted molar refractivity (Wildman–Crippen MR) is 87.2 cm³/mol. The van der Waals surface area contributed by atoms with Gasteiger partial charge in [-0.3, -0.25) is 9.69 Å². The summed E-state index contributed by atoms with van der Waals surface area (Å²) in [5.41, 5.74) is 0. The Morgan fingerprint density at radius 3 is 2.38 bits per heavy atom. The zero-order valence-electron chi connectivity index (χ0n) is 13.1. The normalized spacial score (nSPS) is 21.5. The fourth-order valence-corrected chi connectivity index (χ4v) is 2.97. The monoisotopic (exact) mass is 291 g/mol. The van der Waals surface area contributed by atoms with Gasteiger partial charge in [-0.25, -0.2) is 0 Å². The molecule has 1 atom stereocenters. The lowest BCUT2D eigenvalue weighted by atomic mass is 10.2. The molecule has 118 valence electrons. The first kappa shape index (κ1) is 16.2. The van der Waals surface area contributed by atoms with Gasteiger partial charge in [0.15, 0.2) is 0 Å². The predicted octanol–water partition coefficient (Wildman–Crippen LogP) is 1.65. The highest BCUT2D eigenvalue weighted by molar-refractivity contribution is 5.78. The number of hydrogen-bond donors (Lipinski definition) is 1. The van der Waals surface area contributed by atoms with Crippen LogP contribution in [0.1, 0.15) is 25.7 Å². The van der Waals surface area contributed by atoms with Gasteiger partial charge in [-0.15, -0.1) is 13.2 Å². The molecule has 1 unspecified atom stereocenters. The number of carbonyl (C=O) groups is 1. The van der Waals surface area contributed by atoms with E-state index in [4.69, 9.17) is 0 Å². The van der Waals surface area contributed by atoms with Gasteiger partial charge in [0.1, 0.15) is 0 Å². The summed E-state index contributed by atoms with van der Waals surface area (Å²) < 4.78 is 0. The maximum absolute atomic E-state index is 12.5. The minimum absolute atomic E-state index is 0.188. The van der Waals surface area contributed by atoms with Gasteiger partial charge >= 0.3 is 0 Å². The molecular formula is C17H29N3O. The van der Waals surface area contributed by atoms with Crippen LogP contribution in [-0.2, 0) is 4.79 Å². The second-order valence-corrected chi connectivity index (χ2v) is 6.31. The quantitative estimate of drug-likeness (QED) is 0.622. The SMILES string of the molecule is C=CCN(CC=C)C(=O)CN(CC1CC1)CC1CCCN1. The molecule has 1 saturated carbocycles. The summed E-state index contributed by atoms with van der Waals surface area (Å²) in [7, 11) is 0. The number of hydrogen-bond acceptors (Lipinski definition) is 3. The summed E-state index contributed by atoms with van der Waals surface area (Å²) >= 11 is 0. The summed E-state index contributed by atoms with van der Waals surface area (Å²) in [5, 5.41) is 3.53. The summed E-state index contributed by atoms with van der Waals surface area (Å²) in [6, 6.07) is 0.559. The molecule has 2 fully saturated rings. The lowest BCUT2D eigenvalue weighted by Gasteiger charge is -2.28. The molecule has 1 heterocycles. The molecular weight excluding hydrogens is 262 g/mol. The molecule has 0 aromatic carbocycles. The molecule has 1 N–H and O–H groups in total. The van der Waals surface area contributed by atoms with Crippen molar-refractivity contribution >= 4 is 5.91 Å². The number of nitrogens with one attached hydrogen (secondary N) is 1.